The van der Waals surface area contributed by atoms with Crippen molar-refractivity contribution >= 4 is 15.2 Å². The van der Waals surface area contributed by atoms with Crippen molar-refractivity contribution in [2.45, 2.75) is 129 Å². The topological polar surface area (TPSA) is 71.1 Å². The van der Waals surface area contributed by atoms with Crippen LogP contribution >= 0.6 is 15.2 Å². The van der Waals surface area contributed by atoms with Gasteiger partial charge in [-0.1, -0.05) is 117 Å². The second-order valence-electron chi connectivity index (χ2n) is 9.43. The second-order valence-corrected chi connectivity index (χ2v) is 13.4. The van der Waals surface area contributed by atoms with Crippen molar-refractivity contribution in [3.8, 4) is 0 Å². The Morgan fingerprint density at radius 3 is 0.889 bits per heavy atom. The first-order chi connectivity index (χ1) is 17.4. The molecule has 0 rings (SSSR count). The molecule has 0 saturated carbocycles. The van der Waals surface area contributed by atoms with E-state index < -0.39 is 15.2 Å². The summed E-state index contributed by atoms with van der Waals surface area (Å²) >= 11 is 0. The number of unbranched alkanes of at least 4 members (excludes halogenated alkanes) is 15. The summed E-state index contributed by atoms with van der Waals surface area (Å²) in [5.74, 6) is 2.67. The molecule has 0 N–H and O–H groups in total. The third-order valence-electron chi connectivity index (χ3n) is 6.07. The quantitative estimate of drug-likeness (QED) is 0.0681. The molecule has 0 heterocycles. The second kappa shape index (κ2) is 25.1. The van der Waals surface area contributed by atoms with Gasteiger partial charge in [0, 0.05) is 11.6 Å². The lowest BCUT2D eigenvalue weighted by atomic mass is 10.1. The Hall–Kier alpha value is -0.220. The minimum atomic E-state index is -3.11. The zero-order valence-corrected chi connectivity index (χ0v) is 25.3. The van der Waals surface area contributed by atoms with Gasteiger partial charge in [0.1, 0.15) is 0 Å². The summed E-state index contributed by atoms with van der Waals surface area (Å²) in [7, 11) is -6.22. The van der Waals surface area contributed by atoms with Crippen LogP contribution in [0.5, 0.6) is 0 Å². The van der Waals surface area contributed by atoms with Crippen molar-refractivity contribution in [1.29, 1.82) is 0 Å². The van der Waals surface area contributed by atoms with Gasteiger partial charge in [0.05, 0.1) is 26.4 Å². The number of rotatable bonds is 29. The van der Waals surface area contributed by atoms with E-state index in [4.69, 9.17) is 18.1 Å². The molecule has 0 saturated heterocycles. The fourth-order valence-corrected chi connectivity index (χ4v) is 5.83. The molecule has 214 valence electrons. The van der Waals surface area contributed by atoms with Gasteiger partial charge in [0.25, 0.3) is 0 Å². The van der Waals surface area contributed by atoms with E-state index in [1.165, 1.54) is 63.0 Å². The molecule has 2 unspecified atom stereocenters. The highest BCUT2D eigenvalue weighted by Crippen LogP contribution is 2.50. The van der Waals surface area contributed by atoms with Gasteiger partial charge < -0.3 is 18.1 Å². The highest BCUT2D eigenvalue weighted by atomic mass is 31.2. The third-order valence-corrected chi connectivity index (χ3v) is 9.13. The van der Waals surface area contributed by atoms with Crippen LogP contribution in [0.15, 0.2) is 24.8 Å². The van der Waals surface area contributed by atoms with E-state index >= 15 is 0 Å². The van der Waals surface area contributed by atoms with E-state index in [1.807, 2.05) is 0 Å². The molecule has 6 nitrogen and oxygen atoms in total. The number of hydrogen-bond donors (Lipinski definition) is 0. The van der Waals surface area contributed by atoms with Gasteiger partial charge >= 0.3 is 15.2 Å². The molecule has 0 aliphatic rings. The standard InChI is InChI=1S/C28H56O6P2/c1-5-9-21-25-31-35(29,7-3)33-27-23-19-17-15-13-11-12-14-16-18-20-24-28-34-36(30,8-4)32-26-22-10-6-2/h7-8H,3-6,9-28H2,1-2H3. The van der Waals surface area contributed by atoms with Crippen LogP contribution in [0.2, 0.25) is 0 Å². The van der Waals surface area contributed by atoms with Gasteiger partial charge in [0.15, 0.2) is 0 Å². The van der Waals surface area contributed by atoms with Gasteiger partial charge in [0.2, 0.25) is 0 Å². The lowest BCUT2D eigenvalue weighted by Crippen LogP contribution is -1.98. The Bertz CT molecular complexity index is 559. The number of hydrogen-bond acceptors (Lipinski definition) is 6. The normalized spacial score (nSPS) is 14.8. The summed E-state index contributed by atoms with van der Waals surface area (Å²) < 4.78 is 46.6. The van der Waals surface area contributed by atoms with Crippen LogP contribution in [-0.2, 0) is 27.2 Å². The van der Waals surface area contributed by atoms with Crippen molar-refractivity contribution in [1.82, 2.24) is 0 Å². The average molecular weight is 551 g/mol. The van der Waals surface area contributed by atoms with E-state index in [0.717, 1.165) is 64.2 Å². The lowest BCUT2D eigenvalue weighted by Gasteiger charge is -2.14. The summed E-state index contributed by atoms with van der Waals surface area (Å²) in [6.45, 7) is 13.4. The van der Waals surface area contributed by atoms with Crippen LogP contribution in [0.3, 0.4) is 0 Å². The minimum absolute atomic E-state index is 0.471. The Kier molecular flexibility index (Phi) is 24.9. The van der Waals surface area contributed by atoms with Crippen molar-refractivity contribution in [2.75, 3.05) is 26.4 Å². The molecule has 0 aliphatic carbocycles. The molecule has 0 radical (unpaired) electrons. The molecule has 0 spiro atoms. The van der Waals surface area contributed by atoms with Crippen LogP contribution in [0.1, 0.15) is 129 Å². The van der Waals surface area contributed by atoms with Gasteiger partial charge in [-0.3, -0.25) is 9.13 Å². The van der Waals surface area contributed by atoms with Gasteiger partial charge in [-0.15, -0.1) is 0 Å². The summed E-state index contributed by atoms with van der Waals surface area (Å²) in [6, 6.07) is 0. The van der Waals surface area contributed by atoms with Crippen LogP contribution in [0.4, 0.5) is 0 Å². The monoisotopic (exact) mass is 550 g/mol. The van der Waals surface area contributed by atoms with Crippen molar-refractivity contribution in [2.24, 2.45) is 0 Å². The van der Waals surface area contributed by atoms with Gasteiger partial charge in [-0.05, 0) is 25.7 Å². The SMILES string of the molecule is C=CP(=O)(OCCCCC)OCCCCCCCCCCCCCCOP(=O)(C=C)OCCCCC. The first-order valence-corrected chi connectivity index (χ1v) is 17.7. The minimum Gasteiger partial charge on any atom is -0.306 e. The maximum atomic E-state index is 12.4. The van der Waals surface area contributed by atoms with Crippen LogP contribution < -0.4 is 0 Å². The molecule has 0 bridgehead atoms. The molecule has 36 heavy (non-hydrogen) atoms. The predicted octanol–water partition coefficient (Wildman–Crippen LogP) is 10.8. The molecule has 0 amide bonds. The van der Waals surface area contributed by atoms with Crippen LogP contribution in [0.25, 0.3) is 0 Å². The first kappa shape index (κ1) is 35.8. The van der Waals surface area contributed by atoms with E-state index in [0.29, 0.717) is 26.4 Å². The van der Waals surface area contributed by atoms with Crippen molar-refractivity contribution in [3.63, 3.8) is 0 Å². The van der Waals surface area contributed by atoms with E-state index in [9.17, 15) is 9.13 Å². The molecule has 0 aromatic rings. The first-order valence-electron chi connectivity index (χ1n) is 14.5. The maximum Gasteiger partial charge on any atom is 0.353 e. The summed E-state index contributed by atoms with van der Waals surface area (Å²) in [6.07, 6.45) is 20.2. The summed E-state index contributed by atoms with van der Waals surface area (Å²) in [4.78, 5) is 0. The van der Waals surface area contributed by atoms with E-state index in [-0.39, 0.29) is 0 Å². The predicted molar refractivity (Wildman–Crippen MR) is 154 cm³/mol. The van der Waals surface area contributed by atoms with E-state index in [2.05, 4.69) is 27.0 Å². The maximum absolute atomic E-state index is 12.4. The lowest BCUT2D eigenvalue weighted by molar-refractivity contribution is 0.205. The smallest absolute Gasteiger partial charge is 0.306 e. The zero-order valence-electron chi connectivity index (χ0n) is 23.5. The Balaban J connectivity index is 3.49. The summed E-state index contributed by atoms with van der Waals surface area (Å²) in [5.41, 5.74) is 0. The molecular weight excluding hydrogens is 494 g/mol. The summed E-state index contributed by atoms with van der Waals surface area (Å²) in [5, 5.41) is 0. The Morgan fingerprint density at radius 2 is 0.667 bits per heavy atom. The van der Waals surface area contributed by atoms with Crippen LogP contribution in [0, 0.1) is 0 Å². The highest BCUT2D eigenvalue weighted by Gasteiger charge is 2.20. The molecule has 0 fully saturated rings. The molecule has 0 aromatic carbocycles. The highest BCUT2D eigenvalue weighted by molar-refractivity contribution is 7.57. The molecule has 0 aromatic heterocycles. The fraction of sp³-hybridized carbons (Fsp3) is 0.857. The van der Waals surface area contributed by atoms with Gasteiger partial charge in [-0.2, -0.15) is 0 Å². The fourth-order valence-electron chi connectivity index (χ4n) is 3.73. The average Bonchev–Trinajstić information content (AvgIpc) is 2.89. The third kappa shape index (κ3) is 21.8. The largest absolute Gasteiger partial charge is 0.353 e. The van der Waals surface area contributed by atoms with Crippen LogP contribution in [-0.4, -0.2) is 26.4 Å². The van der Waals surface area contributed by atoms with Crippen molar-refractivity contribution < 1.29 is 27.2 Å². The Labute approximate surface area is 223 Å². The zero-order chi connectivity index (χ0) is 26.8. The van der Waals surface area contributed by atoms with Gasteiger partial charge in [-0.25, -0.2) is 0 Å². The molecule has 2 atom stereocenters. The van der Waals surface area contributed by atoms with E-state index in [1.54, 1.807) is 0 Å². The molecular formula is C28H56O6P2. The molecule has 0 aliphatic heterocycles. The Morgan fingerprint density at radius 1 is 0.444 bits per heavy atom. The van der Waals surface area contributed by atoms with Crippen molar-refractivity contribution in [3.05, 3.63) is 24.8 Å². The molecule has 8 heteroatoms.